The van der Waals surface area contributed by atoms with E-state index in [1.807, 2.05) is 11.3 Å². The monoisotopic (exact) mass is 308 g/mol. The van der Waals surface area contributed by atoms with Crippen LogP contribution in [0.3, 0.4) is 0 Å². The summed E-state index contributed by atoms with van der Waals surface area (Å²) < 4.78 is 27.9. The predicted molar refractivity (Wildman–Crippen MR) is 84.0 cm³/mol. The van der Waals surface area contributed by atoms with Gasteiger partial charge in [-0.2, -0.15) is 0 Å². The highest BCUT2D eigenvalue weighted by Gasteiger charge is 2.25. The first-order valence-electron chi connectivity index (χ1n) is 7.10. The van der Waals surface area contributed by atoms with Crippen molar-refractivity contribution >= 4 is 22.7 Å². The minimum atomic E-state index is -0.571. The van der Waals surface area contributed by atoms with Gasteiger partial charge in [-0.25, -0.2) is 8.78 Å². The maximum absolute atomic E-state index is 14.0. The molecule has 0 radical (unpaired) electrons. The van der Waals surface area contributed by atoms with Gasteiger partial charge >= 0.3 is 0 Å². The van der Waals surface area contributed by atoms with Crippen LogP contribution in [0.5, 0.6) is 0 Å². The molecule has 0 atom stereocenters. The second kappa shape index (κ2) is 5.64. The number of anilines is 2. The van der Waals surface area contributed by atoms with Crippen molar-refractivity contribution in [1.82, 2.24) is 0 Å². The molecule has 0 unspecified atom stereocenters. The number of nitrogens with zero attached hydrogens (tertiary/aromatic N) is 1. The molecule has 0 aliphatic carbocycles. The number of aryl methyl sites for hydroxylation is 1. The molecule has 2 nitrogen and oxygen atoms in total. The van der Waals surface area contributed by atoms with Gasteiger partial charge in [0, 0.05) is 28.5 Å². The summed E-state index contributed by atoms with van der Waals surface area (Å²) in [5.74, 6) is -0.643. The number of piperidine rings is 1. The molecule has 2 aromatic rings. The van der Waals surface area contributed by atoms with Crippen LogP contribution in [0.1, 0.15) is 28.5 Å². The molecule has 0 amide bonds. The fraction of sp³-hybridized carbons (Fsp3) is 0.375. The average molecular weight is 308 g/mol. The zero-order valence-electron chi connectivity index (χ0n) is 11.9. The van der Waals surface area contributed by atoms with Gasteiger partial charge in [-0.3, -0.25) is 0 Å². The van der Waals surface area contributed by atoms with Crippen LogP contribution < -0.4 is 10.6 Å². The van der Waals surface area contributed by atoms with Crippen LogP contribution in [0.2, 0.25) is 0 Å². The molecule has 1 saturated heterocycles. The van der Waals surface area contributed by atoms with E-state index in [-0.39, 0.29) is 11.4 Å². The van der Waals surface area contributed by atoms with Crippen LogP contribution in [-0.2, 0) is 0 Å². The van der Waals surface area contributed by atoms with Crippen molar-refractivity contribution in [3.8, 4) is 0 Å². The van der Waals surface area contributed by atoms with Crippen LogP contribution in [0.25, 0.3) is 0 Å². The smallest absolute Gasteiger partial charge is 0.151 e. The van der Waals surface area contributed by atoms with Crippen LogP contribution in [-0.4, -0.2) is 13.1 Å². The molecule has 0 spiro atoms. The zero-order chi connectivity index (χ0) is 15.0. The Kier molecular flexibility index (Phi) is 3.85. The Bertz CT molecular complexity index is 622. The highest BCUT2D eigenvalue weighted by atomic mass is 32.1. The van der Waals surface area contributed by atoms with E-state index in [1.54, 1.807) is 4.90 Å². The van der Waals surface area contributed by atoms with E-state index in [0.29, 0.717) is 19.0 Å². The lowest BCUT2D eigenvalue weighted by Gasteiger charge is -2.33. The van der Waals surface area contributed by atoms with E-state index in [1.165, 1.54) is 21.9 Å². The minimum Gasteiger partial charge on any atom is -0.399 e. The molecule has 0 saturated carbocycles. The zero-order valence-corrected chi connectivity index (χ0v) is 12.7. The molecule has 112 valence electrons. The third-order valence-electron chi connectivity index (χ3n) is 4.01. The summed E-state index contributed by atoms with van der Waals surface area (Å²) in [6, 6.07) is 6.68. The Labute approximate surface area is 127 Å². The number of hydrogen-bond acceptors (Lipinski definition) is 3. The minimum absolute atomic E-state index is 0.0602. The second-order valence-corrected chi connectivity index (χ2v) is 6.86. The quantitative estimate of drug-likeness (QED) is 0.838. The maximum Gasteiger partial charge on any atom is 0.151 e. The second-order valence-electron chi connectivity index (χ2n) is 5.54. The molecular formula is C16H18F2N2S. The summed E-state index contributed by atoms with van der Waals surface area (Å²) in [7, 11) is 0. The Morgan fingerprint density at radius 2 is 1.76 bits per heavy atom. The van der Waals surface area contributed by atoms with E-state index in [4.69, 9.17) is 5.73 Å². The van der Waals surface area contributed by atoms with Gasteiger partial charge < -0.3 is 10.6 Å². The number of nitrogens with two attached hydrogens (primary N) is 1. The maximum atomic E-state index is 14.0. The summed E-state index contributed by atoms with van der Waals surface area (Å²) in [4.78, 5) is 4.48. The van der Waals surface area contributed by atoms with Crippen molar-refractivity contribution in [1.29, 1.82) is 0 Å². The van der Waals surface area contributed by atoms with Gasteiger partial charge in [-0.05, 0) is 49.9 Å². The number of halogens is 2. The third kappa shape index (κ3) is 2.88. The molecule has 1 aromatic heterocycles. The molecule has 2 heterocycles. The molecule has 1 aliphatic heterocycles. The first-order chi connectivity index (χ1) is 10.0. The molecular weight excluding hydrogens is 290 g/mol. The van der Waals surface area contributed by atoms with Crippen molar-refractivity contribution in [3.63, 3.8) is 0 Å². The molecule has 1 fully saturated rings. The number of thiophene rings is 1. The van der Waals surface area contributed by atoms with Gasteiger partial charge in [0.15, 0.2) is 11.6 Å². The summed E-state index contributed by atoms with van der Waals surface area (Å²) in [5.41, 5.74) is 5.64. The topological polar surface area (TPSA) is 29.3 Å². The normalized spacial score (nSPS) is 16.4. The highest BCUT2D eigenvalue weighted by molar-refractivity contribution is 7.12. The van der Waals surface area contributed by atoms with Crippen molar-refractivity contribution in [2.24, 2.45) is 0 Å². The molecule has 21 heavy (non-hydrogen) atoms. The lowest BCUT2D eigenvalue weighted by atomic mass is 9.95. The average Bonchev–Trinajstić information content (AvgIpc) is 2.85. The Morgan fingerprint density at radius 1 is 1.14 bits per heavy atom. The molecule has 0 bridgehead atoms. The standard InChI is InChI=1S/C16H18F2N2S/c1-10-2-3-15(21-10)11-4-6-20(7-5-11)16-13(17)8-12(19)9-14(16)18/h2-3,8-9,11H,4-7,19H2,1H3. The number of benzene rings is 1. The van der Waals surface area contributed by atoms with Gasteiger partial charge in [-0.15, -0.1) is 11.3 Å². The van der Waals surface area contributed by atoms with Crippen LogP contribution in [0.15, 0.2) is 24.3 Å². The SMILES string of the molecule is Cc1ccc(C2CCN(c3c(F)cc(N)cc3F)CC2)s1. The number of hydrogen-bond donors (Lipinski definition) is 1. The Hall–Kier alpha value is -1.62. The van der Waals surface area contributed by atoms with E-state index in [2.05, 4.69) is 19.1 Å². The third-order valence-corrected chi connectivity index (χ3v) is 5.18. The number of nitrogen functional groups attached to an aromatic ring is 1. The molecule has 1 aliphatic rings. The Morgan fingerprint density at radius 3 is 2.29 bits per heavy atom. The predicted octanol–water partition coefficient (Wildman–Crippen LogP) is 4.30. The van der Waals surface area contributed by atoms with E-state index >= 15 is 0 Å². The largest absolute Gasteiger partial charge is 0.399 e. The lowest BCUT2D eigenvalue weighted by molar-refractivity contribution is 0.491. The van der Waals surface area contributed by atoms with Gasteiger partial charge in [0.05, 0.1) is 0 Å². The van der Waals surface area contributed by atoms with Crippen LogP contribution in [0.4, 0.5) is 20.2 Å². The summed E-state index contributed by atoms with van der Waals surface area (Å²) in [6.45, 7) is 3.43. The summed E-state index contributed by atoms with van der Waals surface area (Å²) in [6.07, 6.45) is 1.84. The molecule has 3 rings (SSSR count). The van der Waals surface area contributed by atoms with E-state index in [0.717, 1.165) is 12.8 Å². The van der Waals surface area contributed by atoms with Crippen LogP contribution >= 0.6 is 11.3 Å². The van der Waals surface area contributed by atoms with Gasteiger partial charge in [0.25, 0.3) is 0 Å². The van der Waals surface area contributed by atoms with E-state index < -0.39 is 11.6 Å². The van der Waals surface area contributed by atoms with Gasteiger partial charge in [0.1, 0.15) is 5.69 Å². The van der Waals surface area contributed by atoms with Crippen molar-refractivity contribution in [2.75, 3.05) is 23.7 Å². The van der Waals surface area contributed by atoms with E-state index in [9.17, 15) is 8.78 Å². The first kappa shape index (κ1) is 14.3. The number of rotatable bonds is 2. The fourth-order valence-electron chi connectivity index (χ4n) is 2.95. The fourth-order valence-corrected chi connectivity index (χ4v) is 3.99. The molecule has 1 aromatic carbocycles. The summed E-state index contributed by atoms with van der Waals surface area (Å²) in [5, 5.41) is 0. The summed E-state index contributed by atoms with van der Waals surface area (Å²) >= 11 is 1.82. The van der Waals surface area contributed by atoms with Crippen LogP contribution in [0, 0.1) is 18.6 Å². The van der Waals surface area contributed by atoms with Crippen molar-refractivity contribution in [3.05, 3.63) is 45.7 Å². The first-order valence-corrected chi connectivity index (χ1v) is 7.92. The Balaban J connectivity index is 1.74. The van der Waals surface area contributed by atoms with Crippen molar-refractivity contribution in [2.45, 2.75) is 25.7 Å². The van der Waals surface area contributed by atoms with Gasteiger partial charge in [0.2, 0.25) is 0 Å². The lowest BCUT2D eigenvalue weighted by Crippen LogP contribution is -2.34. The molecule has 5 heteroatoms. The van der Waals surface area contributed by atoms with Crippen molar-refractivity contribution < 1.29 is 8.78 Å². The molecule has 2 N–H and O–H groups in total. The highest BCUT2D eigenvalue weighted by Crippen LogP contribution is 2.36. The van der Waals surface area contributed by atoms with Gasteiger partial charge in [-0.1, -0.05) is 0 Å².